The highest BCUT2D eigenvalue weighted by Gasteiger charge is 2.46. The predicted octanol–water partition coefficient (Wildman–Crippen LogP) is 1.51. The Kier molecular flexibility index (Phi) is 8.42. The summed E-state index contributed by atoms with van der Waals surface area (Å²) in [6, 6.07) is 0.522. The standard InChI is InChI=1S/C13H33N3O3Si/c1-6-12(5,7-2)19-20(17-8-3,18-9-4)11-10-13(14,15)16/h6-11,14-16H2,1-5H3. The van der Waals surface area contributed by atoms with Crippen LogP contribution in [-0.4, -0.2) is 33.4 Å². The van der Waals surface area contributed by atoms with Gasteiger partial charge >= 0.3 is 8.80 Å². The Bertz CT molecular complexity index is 262. The summed E-state index contributed by atoms with van der Waals surface area (Å²) in [7, 11) is -2.82. The second kappa shape index (κ2) is 8.43. The maximum absolute atomic E-state index is 6.33. The fourth-order valence-electron chi connectivity index (χ4n) is 1.88. The molecule has 0 aliphatic heterocycles. The summed E-state index contributed by atoms with van der Waals surface area (Å²) < 4.78 is 18.1. The molecule has 0 aliphatic rings. The van der Waals surface area contributed by atoms with E-state index in [1.54, 1.807) is 0 Å². The Morgan fingerprint density at radius 2 is 1.35 bits per heavy atom. The van der Waals surface area contributed by atoms with Crippen molar-refractivity contribution < 1.29 is 13.3 Å². The molecule has 0 saturated heterocycles. The normalized spacial score (nSPS) is 13.8. The van der Waals surface area contributed by atoms with E-state index in [0.29, 0.717) is 25.7 Å². The lowest BCUT2D eigenvalue weighted by molar-refractivity contribution is -0.0253. The fraction of sp³-hybridized carbons (Fsp3) is 1.00. The zero-order valence-corrected chi connectivity index (χ0v) is 14.7. The van der Waals surface area contributed by atoms with E-state index in [4.69, 9.17) is 30.5 Å². The van der Waals surface area contributed by atoms with Crippen molar-refractivity contribution in [2.75, 3.05) is 13.2 Å². The molecule has 6 N–H and O–H groups in total. The smallest absolute Gasteiger partial charge is 0.374 e. The van der Waals surface area contributed by atoms with Crippen LogP contribution in [0, 0.1) is 0 Å². The summed E-state index contributed by atoms with van der Waals surface area (Å²) in [6.45, 7) is 11.2. The molecule has 0 radical (unpaired) electrons. The molecule has 0 heterocycles. The lowest BCUT2D eigenvalue weighted by Crippen LogP contribution is -2.60. The van der Waals surface area contributed by atoms with Crippen LogP contribution in [0.25, 0.3) is 0 Å². The van der Waals surface area contributed by atoms with Gasteiger partial charge in [0.05, 0.1) is 5.60 Å². The van der Waals surface area contributed by atoms with Crippen LogP contribution in [-0.2, 0) is 13.3 Å². The van der Waals surface area contributed by atoms with Gasteiger partial charge in [-0.15, -0.1) is 0 Å². The molecule has 0 aromatic heterocycles. The van der Waals surface area contributed by atoms with Crippen molar-refractivity contribution in [3.8, 4) is 0 Å². The van der Waals surface area contributed by atoms with Gasteiger partial charge in [-0.1, -0.05) is 13.8 Å². The Morgan fingerprint density at radius 1 is 0.900 bits per heavy atom. The van der Waals surface area contributed by atoms with E-state index >= 15 is 0 Å². The first kappa shape index (κ1) is 20.0. The molecule has 0 bridgehead atoms. The highest BCUT2D eigenvalue weighted by atomic mass is 28.4. The van der Waals surface area contributed by atoms with Crippen LogP contribution in [0.1, 0.15) is 53.9 Å². The molecule has 0 aromatic rings. The Morgan fingerprint density at radius 3 is 1.65 bits per heavy atom. The van der Waals surface area contributed by atoms with Gasteiger partial charge in [0, 0.05) is 19.3 Å². The SMILES string of the molecule is CCO[Si](CCC(N)(N)N)(OCC)OC(C)(CC)CC. The summed E-state index contributed by atoms with van der Waals surface area (Å²) in [6.07, 6.45) is 2.16. The van der Waals surface area contributed by atoms with Gasteiger partial charge in [0.1, 0.15) is 5.79 Å². The van der Waals surface area contributed by atoms with Gasteiger partial charge < -0.3 is 30.5 Å². The van der Waals surface area contributed by atoms with Crippen molar-refractivity contribution in [3.05, 3.63) is 0 Å². The van der Waals surface area contributed by atoms with Gasteiger partial charge in [-0.2, -0.15) is 0 Å². The maximum Gasteiger partial charge on any atom is 0.501 e. The summed E-state index contributed by atoms with van der Waals surface area (Å²) in [5, 5.41) is 0. The minimum atomic E-state index is -2.82. The summed E-state index contributed by atoms with van der Waals surface area (Å²) in [5.74, 6) is -1.23. The van der Waals surface area contributed by atoms with Crippen molar-refractivity contribution in [3.63, 3.8) is 0 Å². The molecule has 0 aliphatic carbocycles. The summed E-state index contributed by atoms with van der Waals surface area (Å²) in [5.41, 5.74) is 16.8. The van der Waals surface area contributed by atoms with Crippen LogP contribution in [0.2, 0.25) is 6.04 Å². The van der Waals surface area contributed by atoms with E-state index < -0.39 is 14.6 Å². The first-order valence-electron chi connectivity index (χ1n) is 7.50. The fourth-order valence-corrected chi connectivity index (χ4v) is 5.13. The number of nitrogens with two attached hydrogens (primary N) is 3. The topological polar surface area (TPSA) is 106 Å². The number of hydrogen-bond donors (Lipinski definition) is 3. The molecular weight excluding hydrogens is 274 g/mol. The predicted molar refractivity (Wildman–Crippen MR) is 83.8 cm³/mol. The third-order valence-electron chi connectivity index (χ3n) is 3.49. The Labute approximate surface area is 124 Å². The van der Waals surface area contributed by atoms with Crippen molar-refractivity contribution >= 4 is 8.80 Å². The molecule has 20 heavy (non-hydrogen) atoms. The Balaban J connectivity index is 5.09. The van der Waals surface area contributed by atoms with Gasteiger partial charge in [-0.05, 0) is 40.0 Å². The van der Waals surface area contributed by atoms with E-state index in [1.165, 1.54) is 0 Å². The highest BCUT2D eigenvalue weighted by molar-refractivity contribution is 6.60. The van der Waals surface area contributed by atoms with Crippen molar-refractivity contribution in [2.45, 2.75) is 71.3 Å². The lowest BCUT2D eigenvalue weighted by atomic mass is 10.0. The highest BCUT2D eigenvalue weighted by Crippen LogP contribution is 2.29. The molecular formula is C13H33N3O3Si. The van der Waals surface area contributed by atoms with Crippen LogP contribution < -0.4 is 17.2 Å². The maximum atomic E-state index is 6.33. The van der Waals surface area contributed by atoms with Gasteiger partial charge in [-0.25, -0.2) is 0 Å². The van der Waals surface area contributed by atoms with Crippen LogP contribution in [0.15, 0.2) is 0 Å². The number of hydrogen-bond acceptors (Lipinski definition) is 6. The van der Waals surface area contributed by atoms with Crippen molar-refractivity contribution in [1.29, 1.82) is 0 Å². The zero-order valence-electron chi connectivity index (χ0n) is 13.7. The number of rotatable bonds is 11. The summed E-state index contributed by atoms with van der Waals surface area (Å²) >= 11 is 0. The molecule has 0 spiro atoms. The van der Waals surface area contributed by atoms with Crippen LogP contribution >= 0.6 is 0 Å². The third-order valence-corrected chi connectivity index (χ3v) is 6.61. The molecule has 7 heteroatoms. The average molecular weight is 308 g/mol. The van der Waals surface area contributed by atoms with Crippen LogP contribution in [0.3, 0.4) is 0 Å². The van der Waals surface area contributed by atoms with Gasteiger partial charge in [0.25, 0.3) is 0 Å². The second-order valence-electron chi connectivity index (χ2n) is 5.42. The second-order valence-corrected chi connectivity index (χ2v) is 8.07. The molecule has 0 aromatic carbocycles. The first-order chi connectivity index (χ1) is 9.16. The van der Waals surface area contributed by atoms with E-state index in [9.17, 15) is 0 Å². The van der Waals surface area contributed by atoms with E-state index in [-0.39, 0.29) is 5.60 Å². The molecule has 0 saturated carbocycles. The van der Waals surface area contributed by atoms with Crippen molar-refractivity contribution in [1.82, 2.24) is 0 Å². The average Bonchev–Trinajstić information content (AvgIpc) is 2.36. The van der Waals surface area contributed by atoms with E-state index in [1.807, 2.05) is 13.8 Å². The zero-order chi connectivity index (χ0) is 15.9. The molecule has 0 fully saturated rings. The monoisotopic (exact) mass is 307 g/mol. The van der Waals surface area contributed by atoms with Gasteiger partial charge in [0.15, 0.2) is 0 Å². The lowest BCUT2D eigenvalue weighted by Gasteiger charge is -2.39. The third kappa shape index (κ3) is 7.12. The first-order valence-corrected chi connectivity index (χ1v) is 9.43. The Hall–Kier alpha value is -0.0231. The summed E-state index contributed by atoms with van der Waals surface area (Å²) in [4.78, 5) is 0. The molecule has 0 unspecified atom stereocenters. The molecule has 0 atom stereocenters. The molecule has 122 valence electrons. The largest absolute Gasteiger partial charge is 0.501 e. The van der Waals surface area contributed by atoms with Crippen molar-refractivity contribution in [2.24, 2.45) is 17.2 Å². The molecule has 0 amide bonds. The minimum absolute atomic E-state index is 0.267. The van der Waals surface area contributed by atoms with Crippen LogP contribution in [0.4, 0.5) is 0 Å². The van der Waals surface area contributed by atoms with Gasteiger partial charge in [0.2, 0.25) is 0 Å². The minimum Gasteiger partial charge on any atom is -0.374 e. The van der Waals surface area contributed by atoms with E-state index in [2.05, 4.69) is 20.8 Å². The van der Waals surface area contributed by atoms with Gasteiger partial charge in [-0.3, -0.25) is 0 Å². The molecule has 0 rings (SSSR count). The van der Waals surface area contributed by atoms with E-state index in [0.717, 1.165) is 12.8 Å². The van der Waals surface area contributed by atoms with Crippen LogP contribution in [0.5, 0.6) is 0 Å². The molecule has 6 nitrogen and oxygen atoms in total. The quantitative estimate of drug-likeness (QED) is 0.395.